The van der Waals surface area contributed by atoms with Gasteiger partial charge in [-0.2, -0.15) is 4.99 Å². The summed E-state index contributed by atoms with van der Waals surface area (Å²) in [6.07, 6.45) is 6.91. The van der Waals surface area contributed by atoms with Crippen LogP contribution < -0.4 is 10.1 Å². The van der Waals surface area contributed by atoms with Gasteiger partial charge in [0.05, 0.1) is 7.11 Å². The predicted octanol–water partition coefficient (Wildman–Crippen LogP) is 2.71. The summed E-state index contributed by atoms with van der Waals surface area (Å²) < 4.78 is 4.48. The molecule has 2 bridgehead atoms. The Morgan fingerprint density at radius 2 is 2.26 bits per heavy atom. The van der Waals surface area contributed by atoms with Gasteiger partial charge in [-0.1, -0.05) is 18.2 Å². The summed E-state index contributed by atoms with van der Waals surface area (Å²) in [5, 5.41) is 4.31. The van der Waals surface area contributed by atoms with Gasteiger partial charge in [0.2, 0.25) is 5.88 Å². The van der Waals surface area contributed by atoms with E-state index in [-0.39, 0.29) is 5.91 Å². The highest BCUT2D eigenvalue weighted by Crippen LogP contribution is 2.47. The SMILES string of the molecule is COc1cc(C2(C)SC(N[C@H]3C[C@@H]4CCC3C4)=NC2=O)ccn1. The molecule has 1 aromatic rings. The number of aliphatic imine (C=N–C) groups is 1. The van der Waals surface area contributed by atoms with Crippen LogP contribution in [-0.2, 0) is 9.54 Å². The summed E-state index contributed by atoms with van der Waals surface area (Å²) >= 11 is 1.51. The van der Waals surface area contributed by atoms with Crippen molar-refractivity contribution in [3.05, 3.63) is 23.9 Å². The van der Waals surface area contributed by atoms with Crippen LogP contribution in [0.3, 0.4) is 0 Å². The molecule has 0 aromatic carbocycles. The molecule has 23 heavy (non-hydrogen) atoms. The number of amidine groups is 1. The van der Waals surface area contributed by atoms with Crippen molar-refractivity contribution in [1.82, 2.24) is 10.3 Å². The van der Waals surface area contributed by atoms with Crippen molar-refractivity contribution in [2.75, 3.05) is 7.11 Å². The number of amides is 1. The first kappa shape index (κ1) is 15.0. The predicted molar refractivity (Wildman–Crippen MR) is 90.5 cm³/mol. The largest absolute Gasteiger partial charge is 0.481 e. The van der Waals surface area contributed by atoms with Crippen molar-refractivity contribution in [3.63, 3.8) is 0 Å². The number of nitrogens with one attached hydrogen (secondary N) is 1. The Morgan fingerprint density at radius 1 is 1.39 bits per heavy atom. The molecule has 3 aliphatic rings. The number of aromatic nitrogens is 1. The average Bonchev–Trinajstić information content (AvgIpc) is 3.24. The van der Waals surface area contributed by atoms with Gasteiger partial charge in [-0.3, -0.25) is 4.79 Å². The van der Waals surface area contributed by atoms with E-state index in [0.29, 0.717) is 11.9 Å². The summed E-state index contributed by atoms with van der Waals surface area (Å²) in [6.45, 7) is 1.92. The van der Waals surface area contributed by atoms with E-state index < -0.39 is 4.75 Å². The fraction of sp³-hybridized carbons (Fsp3) is 0.588. The van der Waals surface area contributed by atoms with Crippen molar-refractivity contribution in [2.24, 2.45) is 16.8 Å². The minimum atomic E-state index is -0.698. The van der Waals surface area contributed by atoms with Gasteiger partial charge in [-0.05, 0) is 49.7 Å². The van der Waals surface area contributed by atoms with Crippen LogP contribution in [0.1, 0.15) is 38.2 Å². The summed E-state index contributed by atoms with van der Waals surface area (Å²) in [5.41, 5.74) is 0.882. The zero-order valence-corrected chi connectivity index (χ0v) is 14.2. The Kier molecular flexibility index (Phi) is 3.59. The Balaban J connectivity index is 1.51. The number of methoxy groups -OCH3 is 1. The number of carbonyl (C=O) groups is 1. The summed E-state index contributed by atoms with van der Waals surface area (Å²) in [6, 6.07) is 4.17. The molecule has 122 valence electrons. The fourth-order valence-electron chi connectivity index (χ4n) is 4.10. The lowest BCUT2D eigenvalue weighted by Gasteiger charge is -2.25. The highest BCUT2D eigenvalue weighted by molar-refractivity contribution is 8.15. The topological polar surface area (TPSA) is 63.6 Å². The lowest BCUT2D eigenvalue weighted by Crippen LogP contribution is -2.37. The van der Waals surface area contributed by atoms with Crippen molar-refractivity contribution in [1.29, 1.82) is 0 Å². The molecule has 1 aliphatic heterocycles. The van der Waals surface area contributed by atoms with E-state index in [1.807, 2.05) is 19.1 Å². The standard InChI is InChI=1S/C17H21N3O2S/c1-17(12-5-6-18-14(9-12)22-2)15(21)20-16(23-17)19-13-8-10-3-4-11(13)7-10/h5-6,9-11,13H,3-4,7-8H2,1-2H3,(H,19,20,21)/t10-,11?,13+,17?/m1/s1. The maximum absolute atomic E-state index is 12.5. The summed E-state index contributed by atoms with van der Waals surface area (Å²) in [7, 11) is 1.58. The number of hydrogen-bond donors (Lipinski definition) is 1. The second-order valence-electron chi connectivity index (χ2n) is 6.87. The summed E-state index contributed by atoms with van der Waals surface area (Å²) in [5.74, 6) is 2.04. The average molecular weight is 331 g/mol. The number of hydrogen-bond acceptors (Lipinski definition) is 5. The Labute approximate surface area is 140 Å². The molecule has 0 radical (unpaired) electrons. The maximum atomic E-state index is 12.5. The molecule has 5 nitrogen and oxygen atoms in total. The first-order valence-electron chi connectivity index (χ1n) is 8.17. The van der Waals surface area contributed by atoms with E-state index in [0.717, 1.165) is 22.6 Å². The van der Waals surface area contributed by atoms with E-state index in [9.17, 15) is 4.79 Å². The first-order chi connectivity index (χ1) is 11.1. The van der Waals surface area contributed by atoms with Crippen LogP contribution in [0.25, 0.3) is 0 Å². The van der Waals surface area contributed by atoms with Crippen LogP contribution in [0, 0.1) is 11.8 Å². The highest BCUT2D eigenvalue weighted by Gasteiger charge is 2.45. The van der Waals surface area contributed by atoms with Crippen molar-refractivity contribution in [3.8, 4) is 5.88 Å². The van der Waals surface area contributed by atoms with Crippen LogP contribution in [0.15, 0.2) is 23.3 Å². The van der Waals surface area contributed by atoms with Gasteiger partial charge >= 0.3 is 0 Å². The van der Waals surface area contributed by atoms with Gasteiger partial charge in [0.15, 0.2) is 5.17 Å². The number of ether oxygens (including phenoxy) is 1. The first-order valence-corrected chi connectivity index (χ1v) is 8.99. The third-order valence-electron chi connectivity index (χ3n) is 5.45. The molecule has 1 aromatic heterocycles. The van der Waals surface area contributed by atoms with Crippen LogP contribution in [0.5, 0.6) is 5.88 Å². The van der Waals surface area contributed by atoms with Gasteiger partial charge in [-0.15, -0.1) is 0 Å². The Morgan fingerprint density at radius 3 is 2.96 bits per heavy atom. The smallest absolute Gasteiger partial charge is 0.269 e. The van der Waals surface area contributed by atoms with Crippen LogP contribution in [0.2, 0.25) is 0 Å². The van der Waals surface area contributed by atoms with Gasteiger partial charge in [-0.25, -0.2) is 4.98 Å². The number of fused-ring (bicyclic) bond motifs is 2. The number of thioether (sulfide) groups is 1. The zero-order chi connectivity index (χ0) is 16.0. The molecule has 0 spiro atoms. The quantitative estimate of drug-likeness (QED) is 0.922. The minimum Gasteiger partial charge on any atom is -0.481 e. The second kappa shape index (κ2) is 5.51. The normalized spacial score (nSPS) is 35.5. The Hall–Kier alpha value is -1.56. The molecular weight excluding hydrogens is 310 g/mol. The molecule has 2 unspecified atom stereocenters. The highest BCUT2D eigenvalue weighted by atomic mass is 32.2. The van der Waals surface area contributed by atoms with E-state index in [1.54, 1.807) is 13.3 Å². The van der Waals surface area contributed by atoms with E-state index in [1.165, 1.54) is 37.4 Å². The lowest BCUT2D eigenvalue weighted by molar-refractivity contribution is -0.119. The molecule has 4 rings (SSSR count). The summed E-state index contributed by atoms with van der Waals surface area (Å²) in [4.78, 5) is 20.9. The molecule has 1 amide bonds. The molecular formula is C17H21N3O2S. The van der Waals surface area contributed by atoms with E-state index >= 15 is 0 Å². The van der Waals surface area contributed by atoms with Gasteiger partial charge in [0.1, 0.15) is 4.75 Å². The van der Waals surface area contributed by atoms with Crippen molar-refractivity contribution in [2.45, 2.75) is 43.4 Å². The maximum Gasteiger partial charge on any atom is 0.269 e. The van der Waals surface area contributed by atoms with E-state index in [4.69, 9.17) is 4.74 Å². The molecule has 4 atom stereocenters. The van der Waals surface area contributed by atoms with Gasteiger partial charge < -0.3 is 10.1 Å². The molecule has 6 heteroatoms. The molecule has 0 saturated heterocycles. The third-order valence-corrected chi connectivity index (χ3v) is 6.67. The Bertz CT molecular complexity index is 678. The second-order valence-corrected chi connectivity index (χ2v) is 8.28. The monoisotopic (exact) mass is 331 g/mol. The van der Waals surface area contributed by atoms with Gasteiger partial charge in [0.25, 0.3) is 5.91 Å². The number of pyridine rings is 1. The van der Waals surface area contributed by atoms with Crippen molar-refractivity contribution >= 4 is 22.8 Å². The molecule has 2 aliphatic carbocycles. The van der Waals surface area contributed by atoms with E-state index in [2.05, 4.69) is 15.3 Å². The molecule has 2 fully saturated rings. The van der Waals surface area contributed by atoms with Gasteiger partial charge in [0, 0.05) is 18.3 Å². The van der Waals surface area contributed by atoms with Crippen LogP contribution in [0.4, 0.5) is 0 Å². The lowest BCUT2D eigenvalue weighted by atomic mass is 9.96. The van der Waals surface area contributed by atoms with Crippen LogP contribution in [-0.4, -0.2) is 29.2 Å². The number of rotatable bonds is 3. The molecule has 2 heterocycles. The molecule has 2 saturated carbocycles. The minimum absolute atomic E-state index is 0.110. The van der Waals surface area contributed by atoms with Crippen molar-refractivity contribution < 1.29 is 9.53 Å². The zero-order valence-electron chi connectivity index (χ0n) is 13.4. The van der Waals surface area contributed by atoms with Crippen LogP contribution >= 0.6 is 11.8 Å². The number of carbonyl (C=O) groups excluding carboxylic acids is 1. The number of nitrogens with zero attached hydrogens (tertiary/aromatic N) is 2. The third kappa shape index (κ3) is 2.53. The molecule has 1 N–H and O–H groups in total. The fourth-order valence-corrected chi connectivity index (χ4v) is 5.20.